The minimum Gasteiger partial charge on any atom is -0.497 e. The summed E-state index contributed by atoms with van der Waals surface area (Å²) in [6.45, 7) is 7.68. The number of likely N-dealkylation sites (N-methyl/N-ethyl adjacent to an activating group) is 1. The summed E-state index contributed by atoms with van der Waals surface area (Å²) in [5.41, 5.74) is 1.51. The molecular weight excluding hydrogens is 418 g/mol. The van der Waals surface area contributed by atoms with Crippen LogP contribution in [0.4, 0.5) is 0 Å². The highest BCUT2D eigenvalue weighted by atomic mass is 16.5. The number of fused-ring (bicyclic) bond motifs is 1. The standard InChI is InChI=1S/C25H37N5O3/c1-28-12-14-29(15-13-28)9-3-8-26-24(31)16-19-6-10-30(11-7-19)25(32)23-17-20-4-5-21(33-2)18-22(20)27-23/h4-5,17-19,27H,3,6-16H2,1-2H3,(H,26,31). The van der Waals surface area contributed by atoms with Gasteiger partial charge in [0.05, 0.1) is 7.11 Å². The number of hydrogen-bond donors (Lipinski definition) is 2. The molecule has 0 aliphatic carbocycles. The number of aromatic nitrogens is 1. The third-order valence-corrected chi connectivity index (χ3v) is 7.01. The van der Waals surface area contributed by atoms with Crippen molar-refractivity contribution in [2.75, 3.05) is 66.5 Å². The molecule has 0 saturated carbocycles. The number of piperidine rings is 1. The Balaban J connectivity index is 1.16. The molecule has 0 radical (unpaired) electrons. The van der Waals surface area contributed by atoms with Crippen LogP contribution in [0.2, 0.25) is 0 Å². The Morgan fingerprint density at radius 1 is 1.09 bits per heavy atom. The summed E-state index contributed by atoms with van der Waals surface area (Å²) >= 11 is 0. The van der Waals surface area contributed by atoms with Crippen LogP contribution in [0.5, 0.6) is 5.75 Å². The van der Waals surface area contributed by atoms with Crippen LogP contribution >= 0.6 is 0 Å². The molecule has 0 spiro atoms. The summed E-state index contributed by atoms with van der Waals surface area (Å²) in [6.07, 6.45) is 3.30. The van der Waals surface area contributed by atoms with Crippen molar-refractivity contribution < 1.29 is 14.3 Å². The number of nitrogens with one attached hydrogen (secondary N) is 2. The number of carbonyl (C=O) groups excluding carboxylic acids is 2. The molecule has 1 aromatic heterocycles. The van der Waals surface area contributed by atoms with E-state index in [0.717, 1.165) is 75.2 Å². The van der Waals surface area contributed by atoms with Crippen LogP contribution in [0.25, 0.3) is 10.9 Å². The summed E-state index contributed by atoms with van der Waals surface area (Å²) in [6, 6.07) is 7.66. The highest BCUT2D eigenvalue weighted by Gasteiger charge is 2.26. The topological polar surface area (TPSA) is 80.9 Å². The van der Waals surface area contributed by atoms with Crippen molar-refractivity contribution in [1.82, 2.24) is 25.0 Å². The molecule has 180 valence electrons. The van der Waals surface area contributed by atoms with Gasteiger partial charge in [-0.2, -0.15) is 0 Å². The fourth-order valence-electron chi connectivity index (χ4n) is 4.80. The first-order chi connectivity index (χ1) is 16.0. The van der Waals surface area contributed by atoms with Crippen LogP contribution in [0.15, 0.2) is 24.3 Å². The first-order valence-corrected chi connectivity index (χ1v) is 12.2. The number of ether oxygens (including phenoxy) is 1. The molecule has 2 aromatic rings. The molecule has 2 aliphatic rings. The first-order valence-electron chi connectivity index (χ1n) is 12.2. The predicted molar refractivity (Wildman–Crippen MR) is 130 cm³/mol. The fraction of sp³-hybridized carbons (Fsp3) is 0.600. The monoisotopic (exact) mass is 455 g/mol. The van der Waals surface area contributed by atoms with Crippen molar-refractivity contribution in [3.63, 3.8) is 0 Å². The number of likely N-dealkylation sites (tertiary alicyclic amines) is 1. The molecule has 2 amide bonds. The Bertz CT molecular complexity index is 943. The Hall–Kier alpha value is -2.58. The third kappa shape index (κ3) is 6.26. The van der Waals surface area contributed by atoms with Crippen molar-refractivity contribution in [1.29, 1.82) is 0 Å². The van der Waals surface area contributed by atoms with Crippen molar-refractivity contribution >= 4 is 22.7 Å². The van der Waals surface area contributed by atoms with E-state index < -0.39 is 0 Å². The van der Waals surface area contributed by atoms with Crippen LogP contribution in [0, 0.1) is 5.92 Å². The summed E-state index contributed by atoms with van der Waals surface area (Å²) in [5, 5.41) is 4.09. The van der Waals surface area contributed by atoms with Gasteiger partial charge in [-0.1, -0.05) is 0 Å². The molecule has 2 saturated heterocycles. The van der Waals surface area contributed by atoms with Gasteiger partial charge in [-0.15, -0.1) is 0 Å². The van der Waals surface area contributed by atoms with Crippen molar-refractivity contribution in [2.24, 2.45) is 5.92 Å². The molecule has 2 fully saturated rings. The van der Waals surface area contributed by atoms with Crippen LogP contribution in [-0.4, -0.2) is 98.0 Å². The molecule has 0 bridgehead atoms. The highest BCUT2D eigenvalue weighted by Crippen LogP contribution is 2.25. The van der Waals surface area contributed by atoms with Crippen molar-refractivity contribution in [3.8, 4) is 5.75 Å². The average molecular weight is 456 g/mol. The maximum Gasteiger partial charge on any atom is 0.270 e. The lowest BCUT2D eigenvalue weighted by Crippen LogP contribution is -2.45. The lowest BCUT2D eigenvalue weighted by atomic mass is 9.93. The van der Waals surface area contributed by atoms with Gasteiger partial charge in [0.15, 0.2) is 0 Å². The van der Waals surface area contributed by atoms with E-state index in [2.05, 4.69) is 27.1 Å². The zero-order chi connectivity index (χ0) is 23.2. The Kier molecular flexibility index (Phi) is 7.88. The smallest absolute Gasteiger partial charge is 0.270 e. The molecule has 4 rings (SSSR count). The number of rotatable bonds is 8. The minimum absolute atomic E-state index is 0.0250. The minimum atomic E-state index is 0.0250. The van der Waals surface area contributed by atoms with Crippen LogP contribution in [0.3, 0.4) is 0 Å². The quantitative estimate of drug-likeness (QED) is 0.597. The number of nitrogens with zero attached hydrogens (tertiary/aromatic N) is 3. The lowest BCUT2D eigenvalue weighted by Gasteiger charge is -2.32. The first kappa shape index (κ1) is 23.6. The van der Waals surface area contributed by atoms with Crippen LogP contribution in [-0.2, 0) is 4.79 Å². The van der Waals surface area contributed by atoms with Gasteiger partial charge in [0, 0.05) is 69.2 Å². The number of carbonyl (C=O) groups is 2. The van der Waals surface area contributed by atoms with Crippen molar-refractivity contribution in [3.05, 3.63) is 30.0 Å². The summed E-state index contributed by atoms with van der Waals surface area (Å²) in [7, 11) is 3.80. The molecule has 3 heterocycles. The maximum atomic E-state index is 13.0. The lowest BCUT2D eigenvalue weighted by molar-refractivity contribution is -0.122. The summed E-state index contributed by atoms with van der Waals surface area (Å²) in [5.74, 6) is 1.28. The number of methoxy groups -OCH3 is 1. The number of benzene rings is 1. The number of aromatic amines is 1. The van der Waals surface area contributed by atoms with E-state index >= 15 is 0 Å². The van der Waals surface area contributed by atoms with Gasteiger partial charge in [0.2, 0.25) is 5.91 Å². The Morgan fingerprint density at radius 3 is 2.58 bits per heavy atom. The van der Waals surface area contributed by atoms with E-state index in [1.165, 1.54) is 0 Å². The van der Waals surface area contributed by atoms with Gasteiger partial charge in [-0.05, 0) is 57.0 Å². The van der Waals surface area contributed by atoms with Crippen molar-refractivity contribution in [2.45, 2.75) is 25.7 Å². The van der Waals surface area contributed by atoms with Gasteiger partial charge in [0.25, 0.3) is 5.91 Å². The summed E-state index contributed by atoms with van der Waals surface area (Å²) < 4.78 is 5.26. The van der Waals surface area contributed by atoms with E-state index in [4.69, 9.17) is 4.74 Å². The van der Waals surface area contributed by atoms with Gasteiger partial charge < -0.3 is 29.7 Å². The normalized spacial score (nSPS) is 18.5. The molecule has 1 aromatic carbocycles. The van der Waals surface area contributed by atoms with Gasteiger partial charge in [-0.3, -0.25) is 9.59 Å². The van der Waals surface area contributed by atoms with E-state index in [1.54, 1.807) is 7.11 Å². The number of piperazine rings is 1. The number of hydrogen-bond acceptors (Lipinski definition) is 5. The second kappa shape index (κ2) is 11.0. The van der Waals surface area contributed by atoms with E-state index in [-0.39, 0.29) is 11.8 Å². The van der Waals surface area contributed by atoms with Gasteiger partial charge in [0.1, 0.15) is 11.4 Å². The van der Waals surface area contributed by atoms with Gasteiger partial charge >= 0.3 is 0 Å². The molecule has 2 N–H and O–H groups in total. The largest absolute Gasteiger partial charge is 0.497 e. The average Bonchev–Trinajstić information content (AvgIpc) is 3.26. The third-order valence-electron chi connectivity index (χ3n) is 7.01. The Morgan fingerprint density at radius 2 is 1.85 bits per heavy atom. The second-order valence-electron chi connectivity index (χ2n) is 9.42. The molecule has 2 aliphatic heterocycles. The maximum absolute atomic E-state index is 13.0. The van der Waals surface area contributed by atoms with E-state index in [1.807, 2.05) is 29.2 Å². The predicted octanol–water partition coefficient (Wildman–Crippen LogP) is 2.17. The SMILES string of the molecule is COc1ccc2cc(C(=O)N3CCC(CC(=O)NCCCN4CCN(C)CC4)CC3)[nH]c2c1. The summed E-state index contributed by atoms with van der Waals surface area (Å²) in [4.78, 5) is 35.3. The number of H-pyrrole nitrogens is 1. The molecule has 0 unspecified atom stereocenters. The van der Waals surface area contributed by atoms with Crippen LogP contribution in [0.1, 0.15) is 36.2 Å². The van der Waals surface area contributed by atoms with Gasteiger partial charge in [-0.25, -0.2) is 0 Å². The van der Waals surface area contributed by atoms with E-state index in [9.17, 15) is 9.59 Å². The van der Waals surface area contributed by atoms with Crippen LogP contribution < -0.4 is 10.1 Å². The molecule has 8 nitrogen and oxygen atoms in total. The highest BCUT2D eigenvalue weighted by molar-refractivity contribution is 5.98. The fourth-order valence-corrected chi connectivity index (χ4v) is 4.80. The Labute approximate surface area is 196 Å². The molecule has 8 heteroatoms. The van der Waals surface area contributed by atoms with E-state index in [0.29, 0.717) is 31.1 Å². The molecule has 0 atom stereocenters. The second-order valence-corrected chi connectivity index (χ2v) is 9.42. The zero-order valence-electron chi connectivity index (χ0n) is 19.9. The molecule has 33 heavy (non-hydrogen) atoms. The molecular formula is C25H37N5O3. The zero-order valence-corrected chi connectivity index (χ0v) is 19.9. The number of amides is 2.